The molecule has 28 heavy (non-hydrogen) atoms. The highest BCUT2D eigenvalue weighted by Gasteiger charge is 2.23. The third-order valence-electron chi connectivity index (χ3n) is 5.27. The van der Waals surface area contributed by atoms with Gasteiger partial charge in [-0.1, -0.05) is 35.9 Å². The standard InChI is InChI=1S/C20H21ClN4O2S/c1-12(13-3-4-15-10-25(28(22)27)11-16(15)7-13)23-20(26)19-8-14-5-6-17(21)9-18(14)24(19)2/h3-9,12H,10-11,22H2,1-2H3,(H,23,26). The van der Waals surface area contributed by atoms with Gasteiger partial charge in [0.2, 0.25) is 0 Å². The molecule has 6 nitrogen and oxygen atoms in total. The van der Waals surface area contributed by atoms with Crippen molar-refractivity contribution >= 4 is 39.6 Å². The summed E-state index contributed by atoms with van der Waals surface area (Å²) in [5.74, 6) is -0.146. The fraction of sp³-hybridized carbons (Fsp3) is 0.250. The average molecular weight is 417 g/mol. The van der Waals surface area contributed by atoms with Crippen LogP contribution in [0.5, 0.6) is 0 Å². The van der Waals surface area contributed by atoms with Crippen LogP contribution in [0.3, 0.4) is 0 Å². The zero-order valence-corrected chi connectivity index (χ0v) is 17.2. The van der Waals surface area contributed by atoms with E-state index in [2.05, 4.69) is 11.4 Å². The summed E-state index contributed by atoms with van der Waals surface area (Å²) < 4.78 is 15.1. The van der Waals surface area contributed by atoms with Gasteiger partial charge in [-0.25, -0.2) is 13.7 Å². The third-order valence-corrected chi connectivity index (χ3v) is 6.27. The average Bonchev–Trinajstić information content (AvgIpc) is 3.23. The predicted octanol–water partition coefficient (Wildman–Crippen LogP) is 3.18. The van der Waals surface area contributed by atoms with Crippen molar-refractivity contribution in [2.75, 3.05) is 0 Å². The number of hydrogen-bond donors (Lipinski definition) is 2. The summed E-state index contributed by atoms with van der Waals surface area (Å²) in [6.45, 7) is 3.09. The molecule has 0 saturated heterocycles. The Kier molecular flexibility index (Phi) is 5.01. The van der Waals surface area contributed by atoms with Gasteiger partial charge in [-0.05, 0) is 41.8 Å². The molecule has 1 aliphatic heterocycles. The number of rotatable bonds is 4. The number of nitrogens with one attached hydrogen (secondary N) is 1. The van der Waals surface area contributed by atoms with Crippen molar-refractivity contribution in [1.29, 1.82) is 0 Å². The summed E-state index contributed by atoms with van der Waals surface area (Å²) in [6.07, 6.45) is 0. The van der Waals surface area contributed by atoms with Crippen molar-refractivity contribution < 1.29 is 9.00 Å². The number of nitrogens with two attached hydrogens (primary N) is 1. The second-order valence-corrected chi connectivity index (χ2v) is 8.59. The Bertz CT molecular complexity index is 1110. The van der Waals surface area contributed by atoms with Crippen molar-refractivity contribution in [3.05, 3.63) is 69.9 Å². The van der Waals surface area contributed by atoms with Gasteiger partial charge in [-0.3, -0.25) is 4.79 Å². The van der Waals surface area contributed by atoms with Crippen LogP contribution >= 0.6 is 11.6 Å². The lowest BCUT2D eigenvalue weighted by atomic mass is 10.0. The maximum Gasteiger partial charge on any atom is 0.268 e. The lowest BCUT2D eigenvalue weighted by molar-refractivity contribution is 0.0932. The Morgan fingerprint density at radius 2 is 1.93 bits per heavy atom. The van der Waals surface area contributed by atoms with E-state index in [1.807, 2.05) is 54.9 Å². The maximum atomic E-state index is 12.8. The van der Waals surface area contributed by atoms with Crippen LogP contribution in [-0.4, -0.2) is 19.0 Å². The second-order valence-electron chi connectivity index (χ2n) is 7.09. The van der Waals surface area contributed by atoms with Crippen LogP contribution in [0.1, 0.15) is 40.1 Å². The van der Waals surface area contributed by atoms with E-state index in [1.165, 1.54) is 0 Å². The molecule has 146 valence electrons. The van der Waals surface area contributed by atoms with Gasteiger partial charge >= 0.3 is 0 Å². The Labute approximate surface area is 171 Å². The number of fused-ring (bicyclic) bond motifs is 2. The largest absolute Gasteiger partial charge is 0.344 e. The number of halogens is 1. The Hall–Kier alpha value is -2.19. The van der Waals surface area contributed by atoms with Gasteiger partial charge in [-0.15, -0.1) is 0 Å². The summed E-state index contributed by atoms with van der Waals surface area (Å²) in [5.41, 5.74) is 4.70. The van der Waals surface area contributed by atoms with Gasteiger partial charge < -0.3 is 9.88 Å². The Morgan fingerprint density at radius 1 is 1.18 bits per heavy atom. The molecule has 1 aromatic heterocycles. The van der Waals surface area contributed by atoms with Gasteiger partial charge in [0, 0.05) is 36.1 Å². The summed E-state index contributed by atoms with van der Waals surface area (Å²) in [7, 11) is 1.86. The van der Waals surface area contributed by atoms with E-state index >= 15 is 0 Å². The number of carbonyl (C=O) groups excluding carboxylic acids is 1. The summed E-state index contributed by atoms with van der Waals surface area (Å²) >= 11 is 4.60. The lowest BCUT2D eigenvalue weighted by Crippen LogP contribution is -2.28. The molecule has 2 aromatic carbocycles. The highest BCUT2D eigenvalue weighted by Crippen LogP contribution is 2.27. The normalized spacial score (nSPS) is 16.1. The first-order chi connectivity index (χ1) is 13.3. The first kappa shape index (κ1) is 19.1. The van der Waals surface area contributed by atoms with E-state index in [0.717, 1.165) is 27.6 Å². The van der Waals surface area contributed by atoms with E-state index in [1.54, 1.807) is 4.31 Å². The molecule has 0 spiro atoms. The monoisotopic (exact) mass is 416 g/mol. The molecule has 0 fully saturated rings. The maximum absolute atomic E-state index is 12.8. The van der Waals surface area contributed by atoms with Crippen LogP contribution < -0.4 is 10.5 Å². The predicted molar refractivity (Wildman–Crippen MR) is 112 cm³/mol. The molecular weight excluding hydrogens is 396 g/mol. The number of benzene rings is 2. The molecule has 0 aliphatic carbocycles. The molecule has 1 amide bonds. The molecular formula is C20H21ClN4O2S. The minimum absolute atomic E-state index is 0.146. The van der Waals surface area contributed by atoms with Crippen molar-refractivity contribution in [2.45, 2.75) is 26.1 Å². The van der Waals surface area contributed by atoms with Crippen LogP contribution in [-0.2, 0) is 31.3 Å². The second kappa shape index (κ2) is 7.33. The fourth-order valence-electron chi connectivity index (χ4n) is 3.65. The van der Waals surface area contributed by atoms with Crippen molar-refractivity contribution in [3.8, 4) is 0 Å². The molecule has 0 bridgehead atoms. The third kappa shape index (κ3) is 3.46. The first-order valence-electron chi connectivity index (χ1n) is 8.92. The number of aromatic nitrogens is 1. The smallest absolute Gasteiger partial charge is 0.268 e. The van der Waals surface area contributed by atoms with Crippen LogP contribution in [0.4, 0.5) is 0 Å². The molecule has 8 heteroatoms. The van der Waals surface area contributed by atoms with Crippen molar-refractivity contribution in [3.63, 3.8) is 0 Å². The van der Waals surface area contributed by atoms with Gasteiger partial charge in [0.1, 0.15) is 5.69 Å². The van der Waals surface area contributed by atoms with E-state index in [4.69, 9.17) is 16.7 Å². The highest BCUT2D eigenvalue weighted by molar-refractivity contribution is 7.80. The van der Waals surface area contributed by atoms with Crippen molar-refractivity contribution in [1.82, 2.24) is 14.2 Å². The summed E-state index contributed by atoms with van der Waals surface area (Å²) in [5, 5.41) is 10.2. The summed E-state index contributed by atoms with van der Waals surface area (Å²) in [4.78, 5) is 12.8. The van der Waals surface area contributed by atoms with Gasteiger partial charge in [0.25, 0.3) is 5.91 Å². The van der Waals surface area contributed by atoms with Gasteiger partial charge in [0.05, 0.1) is 6.04 Å². The molecule has 3 N–H and O–H groups in total. The number of carbonyl (C=O) groups is 1. The Morgan fingerprint density at radius 3 is 2.68 bits per heavy atom. The molecule has 4 rings (SSSR count). The highest BCUT2D eigenvalue weighted by atomic mass is 35.5. The molecule has 1 aliphatic rings. The zero-order chi connectivity index (χ0) is 20.0. The van der Waals surface area contributed by atoms with E-state index in [9.17, 15) is 9.00 Å². The molecule has 2 unspecified atom stereocenters. The number of aryl methyl sites for hydroxylation is 1. The molecule has 0 saturated carbocycles. The minimum Gasteiger partial charge on any atom is -0.344 e. The van der Waals surface area contributed by atoms with E-state index in [0.29, 0.717) is 23.8 Å². The summed E-state index contributed by atoms with van der Waals surface area (Å²) in [6, 6.07) is 13.3. The van der Waals surface area contributed by atoms with Gasteiger partial charge in [0.15, 0.2) is 11.2 Å². The van der Waals surface area contributed by atoms with Gasteiger partial charge in [-0.2, -0.15) is 0 Å². The molecule has 2 heterocycles. The minimum atomic E-state index is -1.48. The zero-order valence-electron chi connectivity index (χ0n) is 15.6. The fourth-order valence-corrected chi connectivity index (χ4v) is 4.35. The first-order valence-corrected chi connectivity index (χ1v) is 10.5. The molecule has 0 radical (unpaired) electrons. The topological polar surface area (TPSA) is 80.4 Å². The van der Waals surface area contributed by atoms with E-state index in [-0.39, 0.29) is 11.9 Å². The van der Waals surface area contributed by atoms with Crippen LogP contribution in [0.15, 0.2) is 42.5 Å². The number of nitrogens with zero attached hydrogens (tertiary/aromatic N) is 2. The van der Waals surface area contributed by atoms with Crippen LogP contribution in [0.25, 0.3) is 10.9 Å². The van der Waals surface area contributed by atoms with Crippen LogP contribution in [0, 0.1) is 0 Å². The quantitative estimate of drug-likeness (QED) is 0.685. The molecule has 2 atom stereocenters. The van der Waals surface area contributed by atoms with E-state index < -0.39 is 11.2 Å². The van der Waals surface area contributed by atoms with Crippen molar-refractivity contribution in [2.24, 2.45) is 12.2 Å². The number of hydrogen-bond acceptors (Lipinski definition) is 2. The molecule has 3 aromatic rings. The van der Waals surface area contributed by atoms with Crippen LogP contribution in [0.2, 0.25) is 5.02 Å². The number of amides is 1. The lowest BCUT2D eigenvalue weighted by Gasteiger charge is -2.16. The Balaban J connectivity index is 1.54. The SMILES string of the molecule is CC(NC(=O)c1cc2ccc(Cl)cc2n1C)c1ccc2c(c1)CN(S(N)=O)C2.